The van der Waals surface area contributed by atoms with Gasteiger partial charge in [-0.3, -0.25) is 10.1 Å². The summed E-state index contributed by atoms with van der Waals surface area (Å²) in [5.74, 6) is 2.85. The van der Waals surface area contributed by atoms with Gasteiger partial charge in [-0.1, -0.05) is 6.92 Å². The van der Waals surface area contributed by atoms with E-state index in [0.29, 0.717) is 12.0 Å². The Morgan fingerprint density at radius 1 is 1.60 bits per heavy atom. The fourth-order valence-electron chi connectivity index (χ4n) is 1.48. The monoisotopic (exact) mass is 227 g/mol. The second-order valence-corrected chi connectivity index (χ2v) is 5.28. The molecular formula is C10H17N3OS. The number of carbonyl (C=O) groups excluding carboxylic acids is 1. The maximum atomic E-state index is 11.5. The lowest BCUT2D eigenvalue weighted by Gasteiger charge is -2.02. The van der Waals surface area contributed by atoms with Crippen molar-refractivity contribution >= 4 is 23.6 Å². The van der Waals surface area contributed by atoms with Crippen LogP contribution in [0.4, 0.5) is 0 Å². The molecule has 0 saturated heterocycles. The molecule has 15 heavy (non-hydrogen) atoms. The number of thioether (sulfide) groups is 1. The third-order valence-electron chi connectivity index (χ3n) is 2.49. The maximum absolute atomic E-state index is 11.5. The van der Waals surface area contributed by atoms with E-state index in [0.717, 1.165) is 17.9 Å². The Morgan fingerprint density at radius 2 is 2.40 bits per heavy atom. The van der Waals surface area contributed by atoms with Crippen molar-refractivity contribution in [2.45, 2.75) is 38.3 Å². The second kappa shape index (κ2) is 4.88. The van der Waals surface area contributed by atoms with Gasteiger partial charge in [-0.05, 0) is 30.8 Å². The number of nitrogens with one attached hydrogen (secondary N) is 2. The van der Waals surface area contributed by atoms with Gasteiger partial charge in [0.1, 0.15) is 6.04 Å². The Kier molecular flexibility index (Phi) is 3.51. The quantitative estimate of drug-likeness (QED) is 0.681. The molecule has 0 spiro atoms. The molecule has 4 nitrogen and oxygen atoms in total. The number of rotatable bonds is 5. The zero-order chi connectivity index (χ0) is 10.7. The summed E-state index contributed by atoms with van der Waals surface area (Å²) >= 11 is 1.85. The Morgan fingerprint density at radius 3 is 3.07 bits per heavy atom. The van der Waals surface area contributed by atoms with Gasteiger partial charge in [0, 0.05) is 6.04 Å². The number of amides is 1. The first kappa shape index (κ1) is 10.8. The second-order valence-electron chi connectivity index (χ2n) is 3.89. The van der Waals surface area contributed by atoms with Gasteiger partial charge in [-0.15, -0.1) is 0 Å². The molecule has 1 atom stereocenters. The summed E-state index contributed by atoms with van der Waals surface area (Å²) in [5.41, 5.74) is 0. The van der Waals surface area contributed by atoms with Gasteiger partial charge < -0.3 is 5.32 Å². The SMILES string of the molecule is CCSCCC1N=C(NC2CC2)NC1=O. The van der Waals surface area contributed by atoms with Gasteiger partial charge in [-0.2, -0.15) is 11.8 Å². The number of aliphatic imine (C=N–C) groups is 1. The topological polar surface area (TPSA) is 53.5 Å². The molecule has 84 valence electrons. The summed E-state index contributed by atoms with van der Waals surface area (Å²) in [6.07, 6.45) is 3.25. The summed E-state index contributed by atoms with van der Waals surface area (Å²) in [7, 11) is 0. The largest absolute Gasteiger partial charge is 0.353 e. The summed E-state index contributed by atoms with van der Waals surface area (Å²) in [4.78, 5) is 15.9. The van der Waals surface area contributed by atoms with Crippen LogP contribution in [0, 0.1) is 0 Å². The number of nitrogens with zero attached hydrogens (tertiary/aromatic N) is 1. The Hall–Kier alpha value is -0.710. The smallest absolute Gasteiger partial charge is 0.251 e. The molecule has 1 fully saturated rings. The van der Waals surface area contributed by atoms with Gasteiger partial charge in [-0.25, -0.2) is 4.99 Å². The van der Waals surface area contributed by atoms with Crippen LogP contribution in [0.5, 0.6) is 0 Å². The zero-order valence-corrected chi connectivity index (χ0v) is 9.77. The van der Waals surface area contributed by atoms with Crippen molar-refractivity contribution in [1.29, 1.82) is 0 Å². The highest BCUT2D eigenvalue weighted by molar-refractivity contribution is 7.99. The summed E-state index contributed by atoms with van der Waals surface area (Å²) in [6.45, 7) is 2.13. The Bertz CT molecular complexity index is 276. The van der Waals surface area contributed by atoms with E-state index in [2.05, 4.69) is 22.5 Å². The highest BCUT2D eigenvalue weighted by atomic mass is 32.2. The fourth-order valence-corrected chi connectivity index (χ4v) is 2.15. The molecular weight excluding hydrogens is 210 g/mol. The van der Waals surface area contributed by atoms with Crippen LogP contribution in [0.1, 0.15) is 26.2 Å². The van der Waals surface area contributed by atoms with Crippen molar-refractivity contribution < 1.29 is 4.79 Å². The van der Waals surface area contributed by atoms with Crippen molar-refractivity contribution in [3.05, 3.63) is 0 Å². The molecule has 1 aliphatic heterocycles. The van der Waals surface area contributed by atoms with Crippen LogP contribution < -0.4 is 10.6 Å². The van der Waals surface area contributed by atoms with E-state index in [4.69, 9.17) is 0 Å². The lowest BCUT2D eigenvalue weighted by atomic mass is 10.2. The summed E-state index contributed by atoms with van der Waals surface area (Å²) < 4.78 is 0. The van der Waals surface area contributed by atoms with E-state index < -0.39 is 0 Å². The lowest BCUT2D eigenvalue weighted by molar-refractivity contribution is -0.120. The molecule has 0 aromatic rings. The first-order valence-electron chi connectivity index (χ1n) is 5.52. The van der Waals surface area contributed by atoms with E-state index in [1.807, 2.05) is 11.8 Å². The summed E-state index contributed by atoms with van der Waals surface area (Å²) in [6, 6.07) is 0.387. The predicted octanol–water partition coefficient (Wildman–Crippen LogP) is 0.736. The van der Waals surface area contributed by atoms with Gasteiger partial charge in [0.2, 0.25) is 0 Å². The van der Waals surface area contributed by atoms with Gasteiger partial charge in [0.25, 0.3) is 5.91 Å². The first-order valence-corrected chi connectivity index (χ1v) is 6.68. The fraction of sp³-hybridized carbons (Fsp3) is 0.800. The van der Waals surface area contributed by atoms with E-state index in [9.17, 15) is 4.79 Å². The molecule has 2 rings (SSSR count). The van der Waals surface area contributed by atoms with Crippen LogP contribution in [0.25, 0.3) is 0 Å². The van der Waals surface area contributed by atoms with Crippen LogP contribution in [0.3, 0.4) is 0 Å². The molecule has 0 aromatic heterocycles. The van der Waals surface area contributed by atoms with E-state index >= 15 is 0 Å². The minimum Gasteiger partial charge on any atom is -0.353 e. The first-order chi connectivity index (χ1) is 7.29. The highest BCUT2D eigenvalue weighted by Gasteiger charge is 2.29. The Balaban J connectivity index is 1.77. The van der Waals surface area contributed by atoms with E-state index in [1.165, 1.54) is 12.8 Å². The molecule has 2 aliphatic rings. The number of guanidine groups is 1. The predicted molar refractivity (Wildman–Crippen MR) is 63.1 cm³/mol. The molecule has 2 N–H and O–H groups in total. The molecule has 0 radical (unpaired) electrons. The third kappa shape index (κ3) is 3.12. The average Bonchev–Trinajstić information content (AvgIpc) is 2.93. The van der Waals surface area contributed by atoms with Gasteiger partial charge >= 0.3 is 0 Å². The van der Waals surface area contributed by atoms with Crippen LogP contribution in [0.15, 0.2) is 4.99 Å². The van der Waals surface area contributed by atoms with Crippen molar-refractivity contribution in [3.8, 4) is 0 Å². The van der Waals surface area contributed by atoms with Crippen molar-refractivity contribution in [2.24, 2.45) is 4.99 Å². The van der Waals surface area contributed by atoms with Crippen LogP contribution in [-0.4, -0.2) is 35.5 Å². The average molecular weight is 227 g/mol. The van der Waals surface area contributed by atoms with Crippen LogP contribution in [0.2, 0.25) is 0 Å². The van der Waals surface area contributed by atoms with Crippen molar-refractivity contribution in [3.63, 3.8) is 0 Å². The van der Waals surface area contributed by atoms with Crippen molar-refractivity contribution in [1.82, 2.24) is 10.6 Å². The van der Waals surface area contributed by atoms with Crippen molar-refractivity contribution in [2.75, 3.05) is 11.5 Å². The van der Waals surface area contributed by atoms with E-state index in [1.54, 1.807) is 0 Å². The standard InChI is InChI=1S/C10H17N3OS/c1-2-15-6-5-8-9(14)13-10(12-8)11-7-3-4-7/h7-8H,2-6H2,1H3,(H2,11,12,13,14). The molecule has 1 unspecified atom stereocenters. The minimum atomic E-state index is -0.162. The lowest BCUT2D eigenvalue weighted by Crippen LogP contribution is -2.38. The highest BCUT2D eigenvalue weighted by Crippen LogP contribution is 2.19. The summed E-state index contributed by atoms with van der Waals surface area (Å²) in [5, 5.41) is 6.01. The zero-order valence-electron chi connectivity index (χ0n) is 8.95. The Labute approximate surface area is 94.3 Å². The third-order valence-corrected chi connectivity index (χ3v) is 3.42. The van der Waals surface area contributed by atoms with Crippen LogP contribution >= 0.6 is 11.8 Å². The molecule has 1 heterocycles. The van der Waals surface area contributed by atoms with Gasteiger partial charge in [0.15, 0.2) is 5.96 Å². The van der Waals surface area contributed by atoms with Gasteiger partial charge in [0.05, 0.1) is 0 Å². The molecule has 5 heteroatoms. The number of hydrogen-bond acceptors (Lipinski definition) is 4. The molecule has 1 saturated carbocycles. The minimum absolute atomic E-state index is 0.0508. The number of carbonyl (C=O) groups is 1. The normalized spacial score (nSPS) is 25.0. The molecule has 0 aromatic carbocycles. The molecule has 0 bridgehead atoms. The van der Waals surface area contributed by atoms with E-state index in [-0.39, 0.29) is 11.9 Å². The number of hydrogen-bond donors (Lipinski definition) is 2. The maximum Gasteiger partial charge on any atom is 0.251 e. The molecule has 1 amide bonds. The van der Waals surface area contributed by atoms with Crippen LogP contribution in [-0.2, 0) is 4.79 Å². The molecule has 1 aliphatic carbocycles.